The van der Waals surface area contributed by atoms with Gasteiger partial charge in [0, 0.05) is 5.38 Å². The third kappa shape index (κ3) is 3.09. The average molecular weight is 302 g/mol. The van der Waals surface area contributed by atoms with E-state index in [-0.39, 0.29) is 15.6 Å². The number of anilines is 1. The fourth-order valence-electron chi connectivity index (χ4n) is 1.48. The van der Waals surface area contributed by atoms with Crippen molar-refractivity contribution in [3.8, 4) is 0 Å². The van der Waals surface area contributed by atoms with Crippen LogP contribution in [0.3, 0.4) is 0 Å². The van der Waals surface area contributed by atoms with E-state index in [0.29, 0.717) is 5.69 Å². The van der Waals surface area contributed by atoms with Crippen molar-refractivity contribution in [2.24, 2.45) is 0 Å². The highest BCUT2D eigenvalue weighted by Crippen LogP contribution is 2.23. The maximum Gasteiger partial charge on any atom is 0.264 e. The Labute approximate surface area is 113 Å². The molecule has 0 spiro atoms. The topological polar surface area (TPSA) is 79.3 Å². The van der Waals surface area contributed by atoms with Crippen LogP contribution in [0.5, 0.6) is 0 Å². The first-order valence-electron chi connectivity index (χ1n) is 5.26. The predicted molar refractivity (Wildman–Crippen MR) is 70.0 cm³/mol. The third-order valence-corrected chi connectivity index (χ3v) is 4.76. The zero-order valence-corrected chi connectivity index (χ0v) is 11.6. The number of hydrogen-bond acceptors (Lipinski definition) is 5. The minimum atomic E-state index is -3.97. The molecular weight excluding hydrogens is 291 g/mol. The second kappa shape index (κ2) is 5.24. The van der Waals surface area contributed by atoms with Gasteiger partial charge in [0.2, 0.25) is 0 Å². The van der Waals surface area contributed by atoms with Gasteiger partial charge in [-0.1, -0.05) is 6.07 Å². The maximum absolute atomic E-state index is 13.2. The molecule has 0 amide bonds. The second-order valence-corrected chi connectivity index (χ2v) is 6.32. The van der Waals surface area contributed by atoms with E-state index in [4.69, 9.17) is 5.11 Å². The summed E-state index contributed by atoms with van der Waals surface area (Å²) in [5.74, 6) is -0.687. The van der Waals surface area contributed by atoms with Gasteiger partial charge in [0.25, 0.3) is 10.0 Å². The lowest BCUT2D eigenvalue weighted by molar-refractivity contribution is 0.278. The van der Waals surface area contributed by atoms with Gasteiger partial charge < -0.3 is 5.11 Å². The van der Waals surface area contributed by atoms with E-state index >= 15 is 0 Å². The van der Waals surface area contributed by atoms with Crippen LogP contribution in [0.2, 0.25) is 0 Å². The standard InChI is InChI=1S/C11H11FN2O3S2/c1-7-6-18-11(13-7)14-19(16,17)10-4-9(12)3-2-8(10)5-15/h2-4,6,15H,5H2,1H3,(H,13,14). The normalized spacial score (nSPS) is 11.5. The van der Waals surface area contributed by atoms with E-state index in [0.717, 1.165) is 23.5 Å². The molecule has 1 aromatic heterocycles. The van der Waals surface area contributed by atoms with Gasteiger partial charge in [0.05, 0.1) is 17.2 Å². The Morgan fingerprint density at radius 1 is 1.47 bits per heavy atom. The smallest absolute Gasteiger partial charge is 0.264 e. The lowest BCUT2D eigenvalue weighted by atomic mass is 10.2. The van der Waals surface area contributed by atoms with Crippen LogP contribution in [-0.2, 0) is 16.6 Å². The van der Waals surface area contributed by atoms with Crippen LogP contribution in [0.1, 0.15) is 11.3 Å². The van der Waals surface area contributed by atoms with Crippen LogP contribution in [0.4, 0.5) is 9.52 Å². The highest BCUT2D eigenvalue weighted by atomic mass is 32.2. The van der Waals surface area contributed by atoms with Crippen molar-refractivity contribution < 1.29 is 17.9 Å². The van der Waals surface area contributed by atoms with Gasteiger partial charge >= 0.3 is 0 Å². The molecule has 19 heavy (non-hydrogen) atoms. The second-order valence-electron chi connectivity index (χ2n) is 3.81. The van der Waals surface area contributed by atoms with E-state index in [1.165, 1.54) is 6.07 Å². The molecule has 0 bridgehead atoms. The SMILES string of the molecule is Cc1csc(NS(=O)(=O)c2cc(F)ccc2CO)n1. The summed E-state index contributed by atoms with van der Waals surface area (Å²) < 4.78 is 39.7. The Morgan fingerprint density at radius 2 is 2.21 bits per heavy atom. The van der Waals surface area contributed by atoms with Crippen molar-refractivity contribution in [3.63, 3.8) is 0 Å². The van der Waals surface area contributed by atoms with Gasteiger partial charge in [0.15, 0.2) is 5.13 Å². The number of aliphatic hydroxyl groups excluding tert-OH is 1. The number of halogens is 1. The molecule has 1 aromatic carbocycles. The van der Waals surface area contributed by atoms with Crippen LogP contribution in [0.15, 0.2) is 28.5 Å². The number of benzene rings is 1. The fraction of sp³-hybridized carbons (Fsp3) is 0.182. The molecule has 0 aliphatic carbocycles. The predicted octanol–water partition coefficient (Wildman–Crippen LogP) is 1.88. The van der Waals surface area contributed by atoms with Crippen LogP contribution in [0, 0.1) is 12.7 Å². The Balaban J connectivity index is 2.41. The van der Waals surface area contributed by atoms with Crippen molar-refractivity contribution in [1.82, 2.24) is 4.98 Å². The lowest BCUT2D eigenvalue weighted by Gasteiger charge is -2.09. The first-order valence-corrected chi connectivity index (χ1v) is 7.63. The number of aryl methyl sites for hydroxylation is 1. The van der Waals surface area contributed by atoms with Crippen molar-refractivity contribution in [1.29, 1.82) is 0 Å². The Bertz CT molecular complexity index is 698. The van der Waals surface area contributed by atoms with Gasteiger partial charge in [0.1, 0.15) is 5.82 Å². The molecule has 102 valence electrons. The summed E-state index contributed by atoms with van der Waals surface area (Å²) in [5, 5.41) is 11.0. The molecular formula is C11H11FN2O3S2. The molecule has 1 heterocycles. The van der Waals surface area contributed by atoms with E-state index in [9.17, 15) is 12.8 Å². The van der Waals surface area contributed by atoms with E-state index in [2.05, 4.69) is 9.71 Å². The molecule has 0 radical (unpaired) electrons. The molecule has 0 saturated carbocycles. The zero-order chi connectivity index (χ0) is 14.0. The molecule has 0 fully saturated rings. The fourth-order valence-corrected chi connectivity index (χ4v) is 3.66. The molecule has 0 unspecified atom stereocenters. The first kappa shape index (κ1) is 13.9. The van der Waals surface area contributed by atoms with Crippen LogP contribution >= 0.6 is 11.3 Å². The molecule has 0 aliphatic heterocycles. The number of aliphatic hydroxyl groups is 1. The van der Waals surface area contributed by atoms with Crippen LogP contribution in [-0.4, -0.2) is 18.5 Å². The summed E-state index contributed by atoms with van der Waals surface area (Å²) in [6, 6.07) is 3.20. The zero-order valence-electron chi connectivity index (χ0n) is 9.92. The largest absolute Gasteiger partial charge is 0.392 e. The number of nitrogens with zero attached hydrogens (tertiary/aromatic N) is 1. The molecule has 0 aliphatic rings. The van der Waals surface area contributed by atoms with E-state index in [1.807, 2.05) is 0 Å². The molecule has 0 atom stereocenters. The first-order chi connectivity index (χ1) is 8.92. The molecule has 0 saturated heterocycles. The highest BCUT2D eigenvalue weighted by Gasteiger charge is 2.20. The summed E-state index contributed by atoms with van der Waals surface area (Å²) in [7, 11) is -3.97. The summed E-state index contributed by atoms with van der Waals surface area (Å²) in [4.78, 5) is 3.68. The van der Waals surface area contributed by atoms with E-state index < -0.39 is 22.4 Å². The number of aromatic nitrogens is 1. The number of nitrogens with one attached hydrogen (secondary N) is 1. The number of thiazole rings is 1. The van der Waals surface area contributed by atoms with Crippen molar-refractivity contribution in [3.05, 3.63) is 40.7 Å². The van der Waals surface area contributed by atoms with Crippen molar-refractivity contribution in [2.45, 2.75) is 18.4 Å². The summed E-state index contributed by atoms with van der Waals surface area (Å²) in [5.41, 5.74) is 0.812. The lowest BCUT2D eigenvalue weighted by Crippen LogP contribution is -2.15. The number of rotatable bonds is 4. The van der Waals surface area contributed by atoms with Gasteiger partial charge in [-0.05, 0) is 24.6 Å². The minimum absolute atomic E-state index is 0.127. The molecule has 2 aromatic rings. The Hall–Kier alpha value is -1.51. The van der Waals surface area contributed by atoms with Gasteiger partial charge in [-0.3, -0.25) is 4.72 Å². The van der Waals surface area contributed by atoms with Crippen LogP contribution in [0.25, 0.3) is 0 Å². The monoisotopic (exact) mass is 302 g/mol. The highest BCUT2D eigenvalue weighted by molar-refractivity contribution is 7.93. The minimum Gasteiger partial charge on any atom is -0.392 e. The molecule has 2 N–H and O–H groups in total. The number of hydrogen-bond donors (Lipinski definition) is 2. The summed E-state index contributed by atoms with van der Waals surface area (Å²) >= 11 is 1.13. The summed E-state index contributed by atoms with van der Waals surface area (Å²) in [6.45, 7) is 1.24. The quantitative estimate of drug-likeness (QED) is 0.904. The average Bonchev–Trinajstić information content (AvgIpc) is 2.74. The molecule has 8 heteroatoms. The van der Waals surface area contributed by atoms with Crippen molar-refractivity contribution in [2.75, 3.05) is 4.72 Å². The van der Waals surface area contributed by atoms with Gasteiger partial charge in [-0.15, -0.1) is 11.3 Å². The number of sulfonamides is 1. The third-order valence-electron chi connectivity index (χ3n) is 2.33. The van der Waals surface area contributed by atoms with Gasteiger partial charge in [-0.2, -0.15) is 0 Å². The van der Waals surface area contributed by atoms with Crippen molar-refractivity contribution >= 4 is 26.5 Å². The Morgan fingerprint density at radius 3 is 2.79 bits per heavy atom. The summed E-state index contributed by atoms with van der Waals surface area (Å²) in [6.07, 6.45) is 0. The molecule has 2 rings (SSSR count). The van der Waals surface area contributed by atoms with Gasteiger partial charge in [-0.25, -0.2) is 17.8 Å². The maximum atomic E-state index is 13.2. The molecule has 5 nitrogen and oxygen atoms in total. The van der Waals surface area contributed by atoms with Crippen LogP contribution < -0.4 is 4.72 Å². The van der Waals surface area contributed by atoms with E-state index in [1.54, 1.807) is 12.3 Å². The Kier molecular flexibility index (Phi) is 3.83.